The smallest absolute Gasteiger partial charge is 0.141 e. The Morgan fingerprint density at radius 1 is 1.36 bits per heavy atom. The van der Waals surface area contributed by atoms with Gasteiger partial charge in [0.2, 0.25) is 0 Å². The Bertz CT molecular complexity index is 192. The zero-order valence-electron chi connectivity index (χ0n) is 7.64. The molecule has 0 radical (unpaired) electrons. The van der Waals surface area contributed by atoms with Gasteiger partial charge < -0.3 is 5.11 Å². The number of Topliss-reactive ketones (excluding diaryl/α,β-unsaturated/α-hetero) is 1. The van der Waals surface area contributed by atoms with Crippen LogP contribution in [0.4, 0.5) is 0 Å². The summed E-state index contributed by atoms with van der Waals surface area (Å²) < 4.78 is 0. The first-order valence-corrected chi connectivity index (χ1v) is 4.01. The molecule has 0 spiro atoms. The molecule has 0 bridgehead atoms. The molecule has 1 aliphatic rings. The molecule has 1 N–H and O–H groups in total. The molecule has 1 atom stereocenters. The Balaban J connectivity index is 3.04. The van der Waals surface area contributed by atoms with Gasteiger partial charge in [-0.15, -0.1) is 0 Å². The molecule has 1 unspecified atom stereocenters. The number of rotatable bonds is 0. The lowest BCUT2D eigenvalue weighted by atomic mass is 9.69. The first kappa shape index (κ1) is 8.72. The molecule has 2 nitrogen and oxygen atoms in total. The van der Waals surface area contributed by atoms with Crippen molar-refractivity contribution in [3.63, 3.8) is 0 Å². The fourth-order valence-corrected chi connectivity index (χ4v) is 1.46. The third-order valence-electron chi connectivity index (χ3n) is 3.52. The van der Waals surface area contributed by atoms with Gasteiger partial charge in [-0.05, 0) is 0 Å². The van der Waals surface area contributed by atoms with Gasteiger partial charge in [-0.1, -0.05) is 27.7 Å². The summed E-state index contributed by atoms with van der Waals surface area (Å²) in [6.07, 6.45) is -0.148. The predicted octanol–water partition coefficient (Wildman–Crippen LogP) is 1.37. The molecule has 0 aromatic rings. The average Bonchev–Trinajstić information content (AvgIpc) is 1.95. The van der Waals surface area contributed by atoms with Gasteiger partial charge >= 0.3 is 0 Å². The van der Waals surface area contributed by atoms with E-state index in [1.54, 1.807) is 0 Å². The van der Waals surface area contributed by atoms with Crippen LogP contribution < -0.4 is 0 Å². The molecule has 0 aromatic carbocycles. The van der Waals surface area contributed by atoms with E-state index in [1.807, 2.05) is 27.7 Å². The first-order valence-electron chi connectivity index (χ1n) is 4.01. The van der Waals surface area contributed by atoms with Gasteiger partial charge in [0.1, 0.15) is 5.78 Å². The molecule has 64 valence electrons. The van der Waals surface area contributed by atoms with Gasteiger partial charge in [-0.2, -0.15) is 0 Å². The molecule has 1 aliphatic carbocycles. The summed E-state index contributed by atoms with van der Waals surface area (Å²) in [6.45, 7) is 7.71. The first-order chi connectivity index (χ1) is 4.80. The number of aliphatic hydroxyl groups excluding tert-OH is 1. The Morgan fingerprint density at radius 3 is 1.91 bits per heavy atom. The summed E-state index contributed by atoms with van der Waals surface area (Å²) in [5.41, 5.74) is -0.642. The van der Waals surface area contributed by atoms with Crippen LogP contribution in [0.5, 0.6) is 0 Å². The number of hydrogen-bond donors (Lipinski definition) is 1. The minimum absolute atomic E-state index is 0.176. The summed E-state index contributed by atoms with van der Waals surface area (Å²) in [5, 5.41) is 9.54. The maximum atomic E-state index is 11.4. The molecule has 0 aliphatic heterocycles. The van der Waals surface area contributed by atoms with Crippen molar-refractivity contribution in [2.75, 3.05) is 0 Å². The van der Waals surface area contributed by atoms with Crippen LogP contribution in [-0.4, -0.2) is 17.0 Å². The van der Waals surface area contributed by atoms with E-state index in [4.69, 9.17) is 0 Å². The van der Waals surface area contributed by atoms with Gasteiger partial charge in [-0.25, -0.2) is 0 Å². The quantitative estimate of drug-likeness (QED) is 0.575. The molecular formula is C9H16O2. The second-order valence-electron chi connectivity index (χ2n) is 4.49. The van der Waals surface area contributed by atoms with Crippen molar-refractivity contribution in [3.8, 4) is 0 Å². The van der Waals surface area contributed by atoms with E-state index in [2.05, 4.69) is 0 Å². The van der Waals surface area contributed by atoms with Gasteiger partial charge in [-0.3, -0.25) is 4.79 Å². The zero-order chi connectivity index (χ0) is 8.86. The van der Waals surface area contributed by atoms with E-state index in [1.165, 1.54) is 0 Å². The average molecular weight is 156 g/mol. The summed E-state index contributed by atoms with van der Waals surface area (Å²) >= 11 is 0. The zero-order valence-corrected chi connectivity index (χ0v) is 7.64. The van der Waals surface area contributed by atoms with Crippen molar-refractivity contribution in [3.05, 3.63) is 0 Å². The monoisotopic (exact) mass is 156 g/mol. The van der Waals surface area contributed by atoms with E-state index in [9.17, 15) is 9.90 Å². The lowest BCUT2D eigenvalue weighted by molar-refractivity contribution is -0.127. The van der Waals surface area contributed by atoms with Gasteiger partial charge in [0.25, 0.3) is 0 Å². The molecule has 2 heteroatoms. The largest absolute Gasteiger partial charge is 0.392 e. The van der Waals surface area contributed by atoms with Crippen molar-refractivity contribution in [1.29, 1.82) is 0 Å². The third kappa shape index (κ3) is 0.924. The van der Waals surface area contributed by atoms with E-state index >= 15 is 0 Å². The SMILES string of the molecule is CC1(C)C(=O)CC(O)C1(C)C. The van der Waals surface area contributed by atoms with Crippen molar-refractivity contribution < 1.29 is 9.90 Å². The van der Waals surface area contributed by atoms with Crippen molar-refractivity contribution in [1.82, 2.24) is 0 Å². The normalized spacial score (nSPS) is 34.3. The van der Waals surface area contributed by atoms with Crippen molar-refractivity contribution in [2.24, 2.45) is 10.8 Å². The van der Waals surface area contributed by atoms with Gasteiger partial charge in [0, 0.05) is 17.3 Å². The Hall–Kier alpha value is -0.370. The summed E-state index contributed by atoms with van der Waals surface area (Å²) in [6, 6.07) is 0. The van der Waals surface area contributed by atoms with Crippen LogP contribution in [-0.2, 0) is 4.79 Å². The molecule has 1 fully saturated rings. The summed E-state index contributed by atoms with van der Waals surface area (Å²) in [7, 11) is 0. The molecule has 0 heterocycles. The second kappa shape index (κ2) is 2.07. The Morgan fingerprint density at radius 2 is 1.82 bits per heavy atom. The van der Waals surface area contributed by atoms with Crippen LogP contribution in [0.3, 0.4) is 0 Å². The number of hydrogen-bond acceptors (Lipinski definition) is 2. The highest BCUT2D eigenvalue weighted by Gasteiger charge is 2.53. The maximum Gasteiger partial charge on any atom is 0.141 e. The highest BCUT2D eigenvalue weighted by molar-refractivity contribution is 5.88. The number of aliphatic hydroxyl groups is 1. The van der Waals surface area contributed by atoms with Crippen LogP contribution in [0.25, 0.3) is 0 Å². The maximum absolute atomic E-state index is 11.4. The lowest BCUT2D eigenvalue weighted by Crippen LogP contribution is -2.36. The third-order valence-corrected chi connectivity index (χ3v) is 3.52. The van der Waals surface area contributed by atoms with E-state index in [-0.39, 0.29) is 16.6 Å². The molecule has 11 heavy (non-hydrogen) atoms. The fourth-order valence-electron chi connectivity index (χ4n) is 1.46. The minimum atomic E-state index is -0.468. The molecule has 0 aromatic heterocycles. The summed E-state index contributed by atoms with van der Waals surface area (Å²) in [5.74, 6) is 0.176. The van der Waals surface area contributed by atoms with Crippen LogP contribution >= 0.6 is 0 Å². The molecule has 0 amide bonds. The number of carbonyl (C=O) groups is 1. The van der Waals surface area contributed by atoms with Crippen LogP contribution in [0.1, 0.15) is 34.1 Å². The molecule has 1 rings (SSSR count). The van der Waals surface area contributed by atoms with Crippen molar-refractivity contribution >= 4 is 5.78 Å². The van der Waals surface area contributed by atoms with E-state index < -0.39 is 6.10 Å². The van der Waals surface area contributed by atoms with Crippen molar-refractivity contribution in [2.45, 2.75) is 40.2 Å². The minimum Gasteiger partial charge on any atom is -0.392 e. The lowest BCUT2D eigenvalue weighted by Gasteiger charge is -2.35. The fraction of sp³-hybridized carbons (Fsp3) is 0.889. The Labute approximate surface area is 67.6 Å². The van der Waals surface area contributed by atoms with E-state index in [0.717, 1.165) is 0 Å². The molecule has 0 saturated heterocycles. The number of ketones is 1. The highest BCUT2D eigenvalue weighted by atomic mass is 16.3. The van der Waals surface area contributed by atoms with Crippen LogP contribution in [0, 0.1) is 10.8 Å². The van der Waals surface area contributed by atoms with Crippen LogP contribution in [0.2, 0.25) is 0 Å². The Kier molecular flexibility index (Phi) is 1.64. The molecular weight excluding hydrogens is 140 g/mol. The number of carbonyl (C=O) groups excluding carboxylic acids is 1. The van der Waals surface area contributed by atoms with Gasteiger partial charge in [0.15, 0.2) is 0 Å². The topological polar surface area (TPSA) is 37.3 Å². The van der Waals surface area contributed by atoms with Gasteiger partial charge in [0.05, 0.1) is 6.10 Å². The molecule has 1 saturated carbocycles. The summed E-state index contributed by atoms with van der Waals surface area (Å²) in [4.78, 5) is 11.4. The second-order valence-corrected chi connectivity index (χ2v) is 4.49. The predicted molar refractivity (Wildman–Crippen MR) is 43.2 cm³/mol. The highest BCUT2D eigenvalue weighted by Crippen LogP contribution is 2.49. The van der Waals surface area contributed by atoms with Crippen LogP contribution in [0.15, 0.2) is 0 Å². The standard InChI is InChI=1S/C9H16O2/c1-8(2)6(10)5-7(11)9(8,3)4/h6,10H,5H2,1-4H3. The van der Waals surface area contributed by atoms with E-state index in [0.29, 0.717) is 6.42 Å².